The van der Waals surface area contributed by atoms with Gasteiger partial charge in [-0.25, -0.2) is 9.97 Å². The van der Waals surface area contributed by atoms with Crippen molar-refractivity contribution in [1.82, 2.24) is 15.3 Å². The van der Waals surface area contributed by atoms with Gasteiger partial charge in [0, 0.05) is 24.4 Å². The summed E-state index contributed by atoms with van der Waals surface area (Å²) >= 11 is 0. The second-order valence-electron chi connectivity index (χ2n) is 4.14. The van der Waals surface area contributed by atoms with Crippen LogP contribution in [0.3, 0.4) is 0 Å². The van der Waals surface area contributed by atoms with Crippen molar-refractivity contribution >= 4 is 0 Å². The molecule has 3 nitrogen and oxygen atoms in total. The minimum Gasteiger partial charge on any atom is -0.306 e. The van der Waals surface area contributed by atoms with Gasteiger partial charge in [-0.3, -0.25) is 0 Å². The predicted molar refractivity (Wildman–Crippen MR) is 49.1 cm³/mol. The third kappa shape index (κ3) is 0.936. The largest absolute Gasteiger partial charge is 0.306 e. The summed E-state index contributed by atoms with van der Waals surface area (Å²) in [6, 6.07) is 2.30. The Morgan fingerprint density at radius 2 is 2.08 bits per heavy atom. The molecule has 1 saturated carbocycles. The van der Waals surface area contributed by atoms with E-state index in [0.29, 0.717) is 11.5 Å². The summed E-state index contributed by atoms with van der Waals surface area (Å²) in [5, 5.41) is 3.43. The quantitative estimate of drug-likeness (QED) is 0.699. The minimum absolute atomic E-state index is 0.433. The first-order valence-electron chi connectivity index (χ1n) is 4.91. The molecular weight excluding hydrogens is 162 g/mol. The van der Waals surface area contributed by atoms with Crippen LogP contribution in [0.1, 0.15) is 31.1 Å². The molecule has 1 aromatic heterocycles. The smallest absolute Gasteiger partial charge is 0.145 e. The van der Waals surface area contributed by atoms with E-state index in [-0.39, 0.29) is 0 Å². The Kier molecular flexibility index (Phi) is 1.44. The molecule has 1 unspecified atom stereocenters. The van der Waals surface area contributed by atoms with E-state index in [1.807, 2.05) is 18.5 Å². The molecule has 2 fully saturated rings. The zero-order chi connectivity index (χ0) is 8.73. The molecule has 3 rings (SSSR count). The summed E-state index contributed by atoms with van der Waals surface area (Å²) in [4.78, 5) is 8.61. The van der Waals surface area contributed by atoms with E-state index in [9.17, 15) is 0 Å². The molecule has 68 valence electrons. The second kappa shape index (κ2) is 2.51. The fraction of sp³-hybridized carbons (Fsp3) is 0.600. The van der Waals surface area contributed by atoms with Crippen LogP contribution in [0.15, 0.2) is 18.5 Å². The monoisotopic (exact) mass is 175 g/mol. The van der Waals surface area contributed by atoms with Crippen LogP contribution in [-0.4, -0.2) is 16.5 Å². The van der Waals surface area contributed by atoms with Crippen LogP contribution in [0.5, 0.6) is 0 Å². The first kappa shape index (κ1) is 7.44. The van der Waals surface area contributed by atoms with Gasteiger partial charge in [-0.1, -0.05) is 6.42 Å². The summed E-state index contributed by atoms with van der Waals surface area (Å²) in [6.07, 6.45) is 7.74. The van der Waals surface area contributed by atoms with Gasteiger partial charge < -0.3 is 5.32 Å². The highest BCUT2D eigenvalue weighted by Crippen LogP contribution is 2.54. The maximum atomic E-state index is 4.30. The van der Waals surface area contributed by atoms with Crippen LogP contribution in [-0.2, 0) is 0 Å². The van der Waals surface area contributed by atoms with Gasteiger partial charge >= 0.3 is 0 Å². The highest BCUT2D eigenvalue weighted by Gasteiger charge is 2.52. The van der Waals surface area contributed by atoms with E-state index < -0.39 is 0 Å². The first-order chi connectivity index (χ1) is 6.41. The van der Waals surface area contributed by atoms with Gasteiger partial charge in [-0.2, -0.15) is 0 Å². The molecule has 0 aromatic carbocycles. The summed E-state index contributed by atoms with van der Waals surface area (Å²) in [7, 11) is 0. The predicted octanol–water partition coefficient (Wildman–Crippen LogP) is 1.29. The van der Waals surface area contributed by atoms with Crippen molar-refractivity contribution in [3.8, 4) is 0 Å². The van der Waals surface area contributed by atoms with Gasteiger partial charge in [-0.05, 0) is 18.9 Å². The number of hydrogen-bond donors (Lipinski definition) is 1. The normalized spacial score (nSPS) is 29.4. The first-order valence-corrected chi connectivity index (χ1v) is 4.91. The van der Waals surface area contributed by atoms with Crippen LogP contribution in [0.4, 0.5) is 0 Å². The molecule has 2 heterocycles. The lowest BCUT2D eigenvalue weighted by Gasteiger charge is -2.55. The van der Waals surface area contributed by atoms with E-state index in [1.165, 1.54) is 19.3 Å². The zero-order valence-electron chi connectivity index (χ0n) is 7.53. The number of aromatic nitrogens is 2. The molecule has 1 aliphatic carbocycles. The van der Waals surface area contributed by atoms with Gasteiger partial charge in [0.15, 0.2) is 0 Å². The summed E-state index contributed by atoms with van der Waals surface area (Å²) in [5.74, 6) is 0.980. The Hall–Kier alpha value is -0.960. The van der Waals surface area contributed by atoms with Crippen LogP contribution >= 0.6 is 0 Å². The van der Waals surface area contributed by atoms with Crippen molar-refractivity contribution in [2.75, 3.05) is 6.54 Å². The van der Waals surface area contributed by atoms with Crippen LogP contribution in [0, 0.1) is 5.41 Å². The minimum atomic E-state index is 0.433. The van der Waals surface area contributed by atoms with Gasteiger partial charge in [0.05, 0.1) is 6.04 Å². The van der Waals surface area contributed by atoms with Gasteiger partial charge in [0.2, 0.25) is 0 Å². The molecule has 0 amide bonds. The summed E-state index contributed by atoms with van der Waals surface area (Å²) < 4.78 is 0. The number of nitrogens with zero attached hydrogens (tertiary/aromatic N) is 2. The van der Waals surface area contributed by atoms with Crippen LogP contribution in [0.25, 0.3) is 0 Å². The molecule has 13 heavy (non-hydrogen) atoms. The van der Waals surface area contributed by atoms with Gasteiger partial charge in [0.25, 0.3) is 0 Å². The highest BCUT2D eigenvalue weighted by molar-refractivity contribution is 5.14. The van der Waals surface area contributed by atoms with E-state index in [0.717, 1.165) is 12.4 Å². The van der Waals surface area contributed by atoms with Crippen molar-refractivity contribution in [1.29, 1.82) is 0 Å². The average molecular weight is 175 g/mol. The Balaban J connectivity index is 1.87. The third-order valence-corrected chi connectivity index (χ3v) is 3.46. The Morgan fingerprint density at radius 3 is 2.54 bits per heavy atom. The third-order valence-electron chi connectivity index (χ3n) is 3.46. The number of rotatable bonds is 1. The molecule has 2 aliphatic rings. The van der Waals surface area contributed by atoms with E-state index in [4.69, 9.17) is 0 Å². The highest BCUT2D eigenvalue weighted by atomic mass is 15.1. The maximum absolute atomic E-state index is 4.30. The maximum Gasteiger partial charge on any atom is 0.145 e. The molecule has 0 radical (unpaired) electrons. The average Bonchev–Trinajstić information content (AvgIpc) is 2.01. The molecule has 1 atom stereocenters. The van der Waals surface area contributed by atoms with Crippen molar-refractivity contribution in [3.63, 3.8) is 0 Å². The van der Waals surface area contributed by atoms with Crippen LogP contribution in [0.2, 0.25) is 0 Å². The second-order valence-corrected chi connectivity index (χ2v) is 4.14. The lowest BCUT2D eigenvalue weighted by Crippen LogP contribution is -2.59. The van der Waals surface area contributed by atoms with E-state index in [2.05, 4.69) is 15.3 Å². The summed E-state index contributed by atoms with van der Waals surface area (Å²) in [5.41, 5.74) is 0.529. The molecule has 1 aromatic rings. The molecule has 3 heteroatoms. The van der Waals surface area contributed by atoms with Crippen molar-refractivity contribution in [2.24, 2.45) is 5.41 Å². The Bertz CT molecular complexity index is 300. The molecular formula is C10H13N3. The Labute approximate surface area is 77.6 Å². The van der Waals surface area contributed by atoms with Crippen molar-refractivity contribution < 1.29 is 0 Å². The topological polar surface area (TPSA) is 37.8 Å². The lowest BCUT2D eigenvalue weighted by atomic mass is 9.59. The molecule has 1 N–H and O–H groups in total. The number of nitrogens with one attached hydrogen (secondary N) is 1. The van der Waals surface area contributed by atoms with E-state index in [1.54, 1.807) is 0 Å². The standard InChI is InChI=1S/C10H13N3/c1-3-10(4-1)7-13-8(10)9-11-5-2-6-12-9/h2,5-6,8,13H,1,3-4,7H2. The zero-order valence-corrected chi connectivity index (χ0v) is 7.53. The van der Waals surface area contributed by atoms with Gasteiger partial charge in [0.1, 0.15) is 5.82 Å². The molecule has 1 spiro atoms. The fourth-order valence-electron chi connectivity index (χ4n) is 2.41. The SMILES string of the molecule is c1cnc(C2NCC23CCC3)nc1. The number of hydrogen-bond acceptors (Lipinski definition) is 3. The molecule has 1 saturated heterocycles. The fourth-order valence-corrected chi connectivity index (χ4v) is 2.41. The molecule has 0 bridgehead atoms. The van der Waals surface area contributed by atoms with Crippen LogP contribution < -0.4 is 5.32 Å². The Morgan fingerprint density at radius 1 is 1.31 bits per heavy atom. The lowest BCUT2D eigenvalue weighted by molar-refractivity contribution is -0.0100. The molecule has 1 aliphatic heterocycles. The van der Waals surface area contributed by atoms with Crippen molar-refractivity contribution in [2.45, 2.75) is 25.3 Å². The van der Waals surface area contributed by atoms with E-state index >= 15 is 0 Å². The summed E-state index contributed by atoms with van der Waals surface area (Å²) in [6.45, 7) is 1.16. The van der Waals surface area contributed by atoms with Gasteiger partial charge in [-0.15, -0.1) is 0 Å². The van der Waals surface area contributed by atoms with Crippen molar-refractivity contribution in [3.05, 3.63) is 24.3 Å².